The van der Waals surface area contributed by atoms with Gasteiger partial charge in [0, 0.05) is 25.2 Å². The van der Waals surface area contributed by atoms with Crippen molar-refractivity contribution in [2.45, 2.75) is 25.3 Å². The van der Waals surface area contributed by atoms with Gasteiger partial charge >= 0.3 is 0 Å². The summed E-state index contributed by atoms with van der Waals surface area (Å²) in [5, 5.41) is 3.03. The Morgan fingerprint density at radius 1 is 0.962 bits per heavy atom. The maximum atomic E-state index is 12.4. The van der Waals surface area contributed by atoms with Gasteiger partial charge in [0.1, 0.15) is 0 Å². The standard InChI is InChI=1S/C22H24N2O2/c25-21(12-11-18-7-3-1-4-8-18)23-20-13-15-24(16-14-20)22(26)17-19-9-5-2-6-10-19/h1-12,20H,13-17H2,(H,23,25)/b12-11+. The zero-order chi connectivity index (χ0) is 18.2. The van der Waals surface area contributed by atoms with E-state index in [9.17, 15) is 9.59 Å². The molecule has 0 radical (unpaired) electrons. The fraction of sp³-hybridized carbons (Fsp3) is 0.273. The summed E-state index contributed by atoms with van der Waals surface area (Å²) in [6, 6.07) is 19.7. The molecule has 1 N–H and O–H groups in total. The number of nitrogens with one attached hydrogen (secondary N) is 1. The predicted molar refractivity (Wildman–Crippen MR) is 103 cm³/mol. The van der Waals surface area contributed by atoms with Crippen LogP contribution >= 0.6 is 0 Å². The van der Waals surface area contributed by atoms with Crippen molar-refractivity contribution in [3.05, 3.63) is 77.9 Å². The highest BCUT2D eigenvalue weighted by Crippen LogP contribution is 2.13. The number of carbonyl (C=O) groups is 2. The van der Waals surface area contributed by atoms with Crippen molar-refractivity contribution in [1.82, 2.24) is 10.2 Å². The summed E-state index contributed by atoms with van der Waals surface area (Å²) in [6.07, 6.45) is 5.42. The van der Waals surface area contributed by atoms with Gasteiger partial charge in [0.15, 0.2) is 0 Å². The van der Waals surface area contributed by atoms with Gasteiger partial charge < -0.3 is 10.2 Å². The third-order valence-corrected chi connectivity index (χ3v) is 4.62. The molecule has 0 aliphatic carbocycles. The number of hydrogen-bond acceptors (Lipinski definition) is 2. The molecule has 1 fully saturated rings. The number of benzene rings is 2. The van der Waals surface area contributed by atoms with E-state index >= 15 is 0 Å². The number of piperidine rings is 1. The second-order valence-electron chi connectivity index (χ2n) is 6.57. The zero-order valence-corrected chi connectivity index (χ0v) is 14.8. The summed E-state index contributed by atoms with van der Waals surface area (Å²) < 4.78 is 0. The second kappa shape index (κ2) is 8.99. The van der Waals surface area contributed by atoms with Gasteiger partial charge in [0.25, 0.3) is 0 Å². The van der Waals surface area contributed by atoms with Gasteiger partial charge in [-0.25, -0.2) is 0 Å². The lowest BCUT2D eigenvalue weighted by molar-refractivity contribution is -0.131. The van der Waals surface area contributed by atoms with Crippen LogP contribution in [0, 0.1) is 0 Å². The molecular weight excluding hydrogens is 324 g/mol. The Labute approximate surface area is 154 Å². The molecule has 0 spiro atoms. The van der Waals surface area contributed by atoms with Crippen molar-refractivity contribution >= 4 is 17.9 Å². The molecule has 0 atom stereocenters. The fourth-order valence-corrected chi connectivity index (χ4v) is 3.14. The molecule has 4 heteroatoms. The molecule has 1 aliphatic heterocycles. The Balaban J connectivity index is 1.42. The average molecular weight is 348 g/mol. The molecule has 2 aromatic rings. The van der Waals surface area contributed by atoms with Crippen LogP contribution in [0.2, 0.25) is 0 Å². The first-order valence-electron chi connectivity index (χ1n) is 9.06. The van der Waals surface area contributed by atoms with E-state index in [0.717, 1.165) is 24.0 Å². The molecule has 0 saturated carbocycles. The zero-order valence-electron chi connectivity index (χ0n) is 14.8. The van der Waals surface area contributed by atoms with Crippen LogP contribution in [0.4, 0.5) is 0 Å². The van der Waals surface area contributed by atoms with Crippen molar-refractivity contribution < 1.29 is 9.59 Å². The van der Waals surface area contributed by atoms with Gasteiger partial charge in [-0.3, -0.25) is 9.59 Å². The highest BCUT2D eigenvalue weighted by molar-refractivity contribution is 5.91. The third-order valence-electron chi connectivity index (χ3n) is 4.62. The van der Waals surface area contributed by atoms with E-state index < -0.39 is 0 Å². The average Bonchev–Trinajstić information content (AvgIpc) is 2.68. The van der Waals surface area contributed by atoms with Gasteiger partial charge in [-0.2, -0.15) is 0 Å². The first kappa shape index (κ1) is 17.9. The molecule has 26 heavy (non-hydrogen) atoms. The van der Waals surface area contributed by atoms with Gasteiger partial charge in [-0.05, 0) is 30.0 Å². The van der Waals surface area contributed by atoms with Crippen LogP contribution in [0.1, 0.15) is 24.0 Å². The minimum atomic E-state index is -0.0806. The predicted octanol–water partition coefficient (Wildman–Crippen LogP) is 3.05. The van der Waals surface area contributed by atoms with Gasteiger partial charge in [0.2, 0.25) is 11.8 Å². The Bertz CT molecular complexity index is 748. The molecule has 1 aliphatic rings. The van der Waals surface area contributed by atoms with Crippen molar-refractivity contribution in [3.8, 4) is 0 Å². The quantitative estimate of drug-likeness (QED) is 0.845. The van der Waals surface area contributed by atoms with E-state index in [2.05, 4.69) is 5.32 Å². The van der Waals surface area contributed by atoms with E-state index in [0.29, 0.717) is 19.5 Å². The number of amides is 2. The van der Waals surface area contributed by atoms with Crippen LogP contribution in [0.5, 0.6) is 0 Å². The lowest BCUT2D eigenvalue weighted by Crippen LogP contribution is -2.46. The lowest BCUT2D eigenvalue weighted by atomic mass is 10.0. The van der Waals surface area contributed by atoms with Crippen LogP contribution < -0.4 is 5.32 Å². The van der Waals surface area contributed by atoms with Crippen molar-refractivity contribution in [2.75, 3.05) is 13.1 Å². The summed E-state index contributed by atoms with van der Waals surface area (Å²) in [5.74, 6) is 0.0767. The normalized spacial score (nSPS) is 15.2. The molecule has 0 bridgehead atoms. The lowest BCUT2D eigenvalue weighted by Gasteiger charge is -2.32. The third kappa shape index (κ3) is 5.31. The molecule has 4 nitrogen and oxygen atoms in total. The Morgan fingerprint density at radius 3 is 2.23 bits per heavy atom. The van der Waals surface area contributed by atoms with Crippen LogP contribution in [0.15, 0.2) is 66.7 Å². The van der Waals surface area contributed by atoms with Gasteiger partial charge in [0.05, 0.1) is 6.42 Å². The molecule has 3 rings (SSSR count). The minimum absolute atomic E-state index is 0.0806. The van der Waals surface area contributed by atoms with Crippen molar-refractivity contribution in [2.24, 2.45) is 0 Å². The van der Waals surface area contributed by atoms with Gasteiger partial charge in [-0.15, -0.1) is 0 Å². The summed E-state index contributed by atoms with van der Waals surface area (Å²) in [6.45, 7) is 1.39. The fourth-order valence-electron chi connectivity index (χ4n) is 3.14. The van der Waals surface area contributed by atoms with Gasteiger partial charge in [-0.1, -0.05) is 60.7 Å². The highest BCUT2D eigenvalue weighted by atomic mass is 16.2. The molecule has 2 amide bonds. The maximum absolute atomic E-state index is 12.4. The van der Waals surface area contributed by atoms with Crippen LogP contribution in [0.25, 0.3) is 6.08 Å². The number of nitrogens with zero attached hydrogens (tertiary/aromatic N) is 1. The van der Waals surface area contributed by atoms with E-state index in [-0.39, 0.29) is 17.9 Å². The molecule has 0 aromatic heterocycles. The largest absolute Gasteiger partial charge is 0.350 e. The smallest absolute Gasteiger partial charge is 0.244 e. The molecule has 134 valence electrons. The van der Waals surface area contributed by atoms with E-state index in [1.165, 1.54) is 0 Å². The summed E-state index contributed by atoms with van der Waals surface area (Å²) in [5.41, 5.74) is 2.04. The van der Waals surface area contributed by atoms with E-state index in [1.54, 1.807) is 6.08 Å². The topological polar surface area (TPSA) is 49.4 Å². The van der Waals surface area contributed by atoms with Crippen molar-refractivity contribution in [3.63, 3.8) is 0 Å². The maximum Gasteiger partial charge on any atom is 0.244 e. The number of likely N-dealkylation sites (tertiary alicyclic amines) is 1. The van der Waals surface area contributed by atoms with E-state index in [4.69, 9.17) is 0 Å². The monoisotopic (exact) mass is 348 g/mol. The first-order chi connectivity index (χ1) is 12.7. The Kier molecular flexibility index (Phi) is 6.20. The van der Waals surface area contributed by atoms with Crippen LogP contribution in [-0.4, -0.2) is 35.8 Å². The Morgan fingerprint density at radius 2 is 1.58 bits per heavy atom. The molecular formula is C22H24N2O2. The van der Waals surface area contributed by atoms with Crippen LogP contribution in [-0.2, 0) is 16.0 Å². The summed E-state index contributed by atoms with van der Waals surface area (Å²) in [4.78, 5) is 26.3. The highest BCUT2D eigenvalue weighted by Gasteiger charge is 2.23. The molecule has 0 unspecified atom stereocenters. The molecule has 2 aromatic carbocycles. The summed E-state index contributed by atoms with van der Waals surface area (Å²) in [7, 11) is 0. The second-order valence-corrected chi connectivity index (χ2v) is 6.57. The Hall–Kier alpha value is -2.88. The van der Waals surface area contributed by atoms with E-state index in [1.807, 2.05) is 71.6 Å². The minimum Gasteiger partial charge on any atom is -0.350 e. The summed E-state index contributed by atoms with van der Waals surface area (Å²) >= 11 is 0. The SMILES string of the molecule is O=C(/C=C/c1ccccc1)NC1CCN(C(=O)Cc2ccccc2)CC1. The number of carbonyl (C=O) groups excluding carboxylic acids is 2. The van der Waals surface area contributed by atoms with Crippen LogP contribution in [0.3, 0.4) is 0 Å². The first-order valence-corrected chi connectivity index (χ1v) is 9.06. The number of rotatable bonds is 5. The van der Waals surface area contributed by atoms with Crippen molar-refractivity contribution in [1.29, 1.82) is 0 Å². The number of hydrogen-bond donors (Lipinski definition) is 1. The molecule has 1 saturated heterocycles. The molecule has 1 heterocycles.